The quantitative estimate of drug-likeness (QED) is 0.841. The lowest BCUT2D eigenvalue weighted by Crippen LogP contribution is -2.34. The van der Waals surface area contributed by atoms with Crippen LogP contribution in [0, 0.1) is 17.7 Å². The Hall–Kier alpha value is -1.91. The highest BCUT2D eigenvalue weighted by molar-refractivity contribution is 5.99. The van der Waals surface area contributed by atoms with Crippen molar-refractivity contribution in [2.45, 2.75) is 33.1 Å². The van der Waals surface area contributed by atoms with Gasteiger partial charge in [0, 0.05) is 18.8 Å². The fraction of sp³-hybridized carbons (Fsp3) is 0.529. The summed E-state index contributed by atoms with van der Waals surface area (Å²) in [6.45, 7) is 5.55. The average molecular weight is 306 g/mol. The monoisotopic (exact) mass is 306 g/mol. The van der Waals surface area contributed by atoms with E-state index in [1.54, 1.807) is 12.1 Å². The van der Waals surface area contributed by atoms with Crippen molar-refractivity contribution in [1.82, 2.24) is 4.90 Å². The van der Waals surface area contributed by atoms with Gasteiger partial charge in [-0.1, -0.05) is 19.9 Å². The smallest absolute Gasteiger partial charge is 0.228 e. The van der Waals surface area contributed by atoms with Gasteiger partial charge >= 0.3 is 0 Å². The number of benzene rings is 1. The molecule has 1 aliphatic carbocycles. The van der Waals surface area contributed by atoms with Gasteiger partial charge in [-0.15, -0.1) is 0 Å². The molecule has 1 aromatic rings. The van der Waals surface area contributed by atoms with Gasteiger partial charge in [-0.05, 0) is 37.5 Å². The van der Waals surface area contributed by atoms with Gasteiger partial charge in [0.15, 0.2) is 0 Å². The fourth-order valence-electron chi connectivity index (χ4n) is 2.67. The summed E-state index contributed by atoms with van der Waals surface area (Å²) in [4.78, 5) is 26.4. The van der Waals surface area contributed by atoms with Gasteiger partial charge in [0.2, 0.25) is 11.8 Å². The second-order valence-electron chi connectivity index (χ2n) is 5.77. The SMILES string of the molecule is CCCN(CCC)C(=O)C1CC1C(=O)Nc1cccc(F)c1. The summed E-state index contributed by atoms with van der Waals surface area (Å²) >= 11 is 0. The maximum atomic E-state index is 13.1. The molecule has 1 aliphatic rings. The minimum Gasteiger partial charge on any atom is -0.342 e. The Balaban J connectivity index is 1.90. The van der Waals surface area contributed by atoms with Crippen LogP contribution in [-0.4, -0.2) is 29.8 Å². The summed E-state index contributed by atoms with van der Waals surface area (Å²) in [6, 6.07) is 5.79. The maximum absolute atomic E-state index is 13.1. The number of halogens is 1. The third-order valence-electron chi connectivity index (χ3n) is 3.84. The number of hydrogen-bond donors (Lipinski definition) is 1. The fourth-order valence-corrected chi connectivity index (χ4v) is 2.67. The Labute approximate surface area is 130 Å². The second-order valence-corrected chi connectivity index (χ2v) is 5.77. The van der Waals surface area contributed by atoms with Crippen LogP contribution >= 0.6 is 0 Å². The Morgan fingerprint density at radius 2 is 1.91 bits per heavy atom. The van der Waals surface area contributed by atoms with Crippen LogP contribution in [0.1, 0.15) is 33.1 Å². The number of rotatable bonds is 7. The Kier molecular flexibility index (Phi) is 5.52. The van der Waals surface area contributed by atoms with E-state index in [2.05, 4.69) is 5.32 Å². The van der Waals surface area contributed by atoms with Crippen LogP contribution in [0.15, 0.2) is 24.3 Å². The molecule has 22 heavy (non-hydrogen) atoms. The average Bonchev–Trinajstić information content (AvgIpc) is 3.27. The highest BCUT2D eigenvalue weighted by atomic mass is 19.1. The summed E-state index contributed by atoms with van der Waals surface area (Å²) < 4.78 is 13.1. The summed E-state index contributed by atoms with van der Waals surface area (Å²) in [7, 11) is 0. The molecular weight excluding hydrogens is 283 g/mol. The number of nitrogens with one attached hydrogen (secondary N) is 1. The molecule has 1 fully saturated rings. The minimum atomic E-state index is -0.390. The molecule has 2 rings (SSSR count). The van der Waals surface area contributed by atoms with Gasteiger partial charge in [0.25, 0.3) is 0 Å². The van der Waals surface area contributed by atoms with Crippen LogP contribution in [0.25, 0.3) is 0 Å². The lowest BCUT2D eigenvalue weighted by Gasteiger charge is -2.21. The molecule has 0 saturated heterocycles. The molecule has 5 heteroatoms. The highest BCUT2D eigenvalue weighted by Crippen LogP contribution is 2.41. The van der Waals surface area contributed by atoms with Crippen LogP contribution in [0.5, 0.6) is 0 Å². The molecule has 4 nitrogen and oxygen atoms in total. The first-order valence-corrected chi connectivity index (χ1v) is 7.92. The van der Waals surface area contributed by atoms with Crippen molar-refractivity contribution in [2.24, 2.45) is 11.8 Å². The molecule has 2 atom stereocenters. The van der Waals surface area contributed by atoms with Gasteiger partial charge in [-0.25, -0.2) is 4.39 Å². The van der Waals surface area contributed by atoms with E-state index in [4.69, 9.17) is 0 Å². The van der Waals surface area contributed by atoms with Crippen molar-refractivity contribution < 1.29 is 14.0 Å². The predicted octanol–water partition coefficient (Wildman–Crippen LogP) is 3.05. The van der Waals surface area contributed by atoms with Crippen LogP contribution in [0.4, 0.5) is 10.1 Å². The number of nitrogens with zero attached hydrogens (tertiary/aromatic N) is 1. The Morgan fingerprint density at radius 1 is 1.23 bits per heavy atom. The first-order valence-electron chi connectivity index (χ1n) is 7.92. The van der Waals surface area contributed by atoms with Crippen LogP contribution in [0.2, 0.25) is 0 Å². The van der Waals surface area contributed by atoms with Crippen molar-refractivity contribution in [1.29, 1.82) is 0 Å². The van der Waals surface area contributed by atoms with E-state index in [0.29, 0.717) is 12.1 Å². The second kappa shape index (κ2) is 7.38. The third-order valence-corrected chi connectivity index (χ3v) is 3.84. The first kappa shape index (κ1) is 16.5. The normalized spacial score (nSPS) is 19.6. The standard InChI is InChI=1S/C17H23FN2O2/c1-3-8-20(9-4-2)17(22)15-11-14(15)16(21)19-13-7-5-6-12(18)10-13/h5-7,10,14-15H,3-4,8-9,11H2,1-2H3,(H,19,21). The van der Waals surface area contributed by atoms with Gasteiger partial charge in [-0.3, -0.25) is 9.59 Å². The highest BCUT2D eigenvalue weighted by Gasteiger charge is 2.49. The Morgan fingerprint density at radius 3 is 2.50 bits per heavy atom. The number of carbonyl (C=O) groups is 2. The molecule has 120 valence electrons. The molecule has 0 bridgehead atoms. The minimum absolute atomic E-state index is 0.0723. The van der Waals surface area contributed by atoms with Crippen molar-refractivity contribution in [2.75, 3.05) is 18.4 Å². The Bertz CT molecular complexity index is 541. The predicted molar refractivity (Wildman–Crippen MR) is 83.8 cm³/mol. The molecule has 1 saturated carbocycles. The number of carbonyl (C=O) groups excluding carboxylic acids is 2. The molecule has 0 heterocycles. The van der Waals surface area contributed by atoms with E-state index in [1.165, 1.54) is 12.1 Å². The zero-order chi connectivity index (χ0) is 16.1. The van der Waals surface area contributed by atoms with E-state index in [9.17, 15) is 14.0 Å². The van der Waals surface area contributed by atoms with E-state index in [0.717, 1.165) is 25.9 Å². The zero-order valence-electron chi connectivity index (χ0n) is 13.1. The zero-order valence-corrected chi connectivity index (χ0v) is 13.1. The van der Waals surface area contributed by atoms with Crippen LogP contribution in [0.3, 0.4) is 0 Å². The lowest BCUT2D eigenvalue weighted by atomic mass is 10.2. The molecule has 0 aliphatic heterocycles. The van der Waals surface area contributed by atoms with Crippen LogP contribution < -0.4 is 5.32 Å². The van der Waals surface area contributed by atoms with Crippen molar-refractivity contribution in [3.8, 4) is 0 Å². The lowest BCUT2D eigenvalue weighted by molar-refractivity contribution is -0.134. The topological polar surface area (TPSA) is 49.4 Å². The summed E-state index contributed by atoms with van der Waals surface area (Å²) in [5, 5.41) is 2.68. The van der Waals surface area contributed by atoms with Gasteiger partial charge in [0.05, 0.1) is 11.8 Å². The molecular formula is C17H23FN2O2. The van der Waals surface area contributed by atoms with Gasteiger partial charge in [-0.2, -0.15) is 0 Å². The number of amides is 2. The van der Waals surface area contributed by atoms with Crippen LogP contribution in [-0.2, 0) is 9.59 Å². The maximum Gasteiger partial charge on any atom is 0.228 e. The summed E-state index contributed by atoms with van der Waals surface area (Å²) in [5.41, 5.74) is 0.432. The van der Waals surface area contributed by atoms with E-state index >= 15 is 0 Å². The first-order chi connectivity index (χ1) is 10.6. The van der Waals surface area contributed by atoms with Crippen molar-refractivity contribution in [3.63, 3.8) is 0 Å². The summed E-state index contributed by atoms with van der Waals surface area (Å²) in [6.07, 6.45) is 2.42. The third kappa shape index (κ3) is 4.06. The van der Waals surface area contributed by atoms with E-state index < -0.39 is 5.82 Å². The molecule has 0 radical (unpaired) electrons. The van der Waals surface area contributed by atoms with Gasteiger partial charge < -0.3 is 10.2 Å². The number of hydrogen-bond acceptors (Lipinski definition) is 2. The van der Waals surface area contributed by atoms with Crippen molar-refractivity contribution >= 4 is 17.5 Å². The van der Waals surface area contributed by atoms with Gasteiger partial charge in [0.1, 0.15) is 5.82 Å². The van der Waals surface area contributed by atoms with E-state index in [1.807, 2.05) is 18.7 Å². The van der Waals surface area contributed by atoms with Crippen molar-refractivity contribution in [3.05, 3.63) is 30.1 Å². The number of anilines is 1. The van der Waals surface area contributed by atoms with E-state index in [-0.39, 0.29) is 23.7 Å². The summed E-state index contributed by atoms with van der Waals surface area (Å²) in [5.74, 6) is -1.02. The molecule has 1 aromatic carbocycles. The molecule has 2 unspecified atom stereocenters. The largest absolute Gasteiger partial charge is 0.342 e. The molecule has 0 spiro atoms. The molecule has 1 N–H and O–H groups in total. The molecule has 0 aromatic heterocycles. The molecule has 2 amide bonds.